The summed E-state index contributed by atoms with van der Waals surface area (Å²) in [6, 6.07) is 8.26. The summed E-state index contributed by atoms with van der Waals surface area (Å²) in [5, 5.41) is 8.26. The Morgan fingerprint density at radius 1 is 1.35 bits per heavy atom. The van der Waals surface area contributed by atoms with E-state index in [9.17, 15) is 4.79 Å². The van der Waals surface area contributed by atoms with Crippen molar-refractivity contribution >= 4 is 28.8 Å². The molecule has 3 heterocycles. The van der Waals surface area contributed by atoms with E-state index in [4.69, 9.17) is 16.3 Å². The number of nitrogens with one attached hydrogen (secondary N) is 2. The van der Waals surface area contributed by atoms with Crippen LogP contribution in [0, 0.1) is 0 Å². The van der Waals surface area contributed by atoms with Crippen LogP contribution in [0.15, 0.2) is 30.5 Å². The van der Waals surface area contributed by atoms with Gasteiger partial charge in [0.1, 0.15) is 5.75 Å². The lowest BCUT2D eigenvalue weighted by molar-refractivity contribution is 0.0930. The molecule has 4 rings (SSSR count). The summed E-state index contributed by atoms with van der Waals surface area (Å²) in [6.07, 6.45) is 4.94. The molecule has 120 valence electrons. The third-order valence-corrected chi connectivity index (χ3v) is 5.45. The number of aromatic nitrogens is 1. The number of benzene rings is 1. The quantitative estimate of drug-likeness (QED) is 0.889. The Balaban J connectivity index is 1.39. The van der Waals surface area contributed by atoms with Crippen molar-refractivity contribution in [1.29, 1.82) is 0 Å². The number of thiazole rings is 1. The molecule has 0 spiro atoms. The van der Waals surface area contributed by atoms with E-state index < -0.39 is 0 Å². The first-order valence-electron chi connectivity index (χ1n) is 7.63. The van der Waals surface area contributed by atoms with E-state index in [1.807, 2.05) is 0 Å². The van der Waals surface area contributed by atoms with Crippen LogP contribution in [0.1, 0.15) is 29.1 Å². The maximum absolute atomic E-state index is 12.3. The number of hydrogen-bond donors (Lipinski definition) is 2. The molecule has 2 aromatic rings. The average Bonchev–Trinajstić information content (AvgIpc) is 3.26. The minimum Gasteiger partial charge on any atom is -0.445 e. The van der Waals surface area contributed by atoms with Gasteiger partial charge in [-0.2, -0.15) is 0 Å². The number of halogens is 1. The van der Waals surface area contributed by atoms with Gasteiger partial charge < -0.3 is 15.4 Å². The number of carbonyl (C=O) groups excluding carboxylic acids is 1. The number of amides is 1. The van der Waals surface area contributed by atoms with E-state index in [1.54, 1.807) is 30.5 Å². The van der Waals surface area contributed by atoms with Gasteiger partial charge in [-0.15, -0.1) is 0 Å². The minimum atomic E-state index is -0.125. The van der Waals surface area contributed by atoms with Crippen molar-refractivity contribution in [3.63, 3.8) is 0 Å². The Hall–Kier alpha value is -1.63. The Labute approximate surface area is 143 Å². The molecule has 23 heavy (non-hydrogen) atoms. The highest BCUT2D eigenvalue weighted by Gasteiger charge is 2.39. The summed E-state index contributed by atoms with van der Waals surface area (Å²) < 4.78 is 5.69. The largest absolute Gasteiger partial charge is 0.445 e. The standard InChI is InChI=1S/C16H16ClN3O2S/c17-9-1-4-11(5-2-9)22-14-8-18-16(23-14)15(21)20-13-7-10-3-6-12(13)19-10/h1-2,4-5,8,10,12-13,19H,3,6-7H2,(H,20,21). The van der Waals surface area contributed by atoms with Crippen molar-refractivity contribution < 1.29 is 9.53 Å². The molecule has 5 nitrogen and oxygen atoms in total. The van der Waals surface area contributed by atoms with Gasteiger partial charge in [0, 0.05) is 23.1 Å². The Morgan fingerprint density at radius 2 is 2.17 bits per heavy atom. The highest BCUT2D eigenvalue weighted by Crippen LogP contribution is 2.30. The van der Waals surface area contributed by atoms with E-state index in [1.165, 1.54) is 17.8 Å². The summed E-state index contributed by atoms with van der Waals surface area (Å²) in [5.41, 5.74) is 0. The number of carbonyl (C=O) groups is 1. The van der Waals surface area contributed by atoms with Gasteiger partial charge >= 0.3 is 0 Å². The van der Waals surface area contributed by atoms with Crippen molar-refractivity contribution in [2.24, 2.45) is 0 Å². The van der Waals surface area contributed by atoms with Gasteiger partial charge in [-0.05, 0) is 43.5 Å². The predicted molar refractivity (Wildman–Crippen MR) is 89.5 cm³/mol. The van der Waals surface area contributed by atoms with Crippen LogP contribution in [0.3, 0.4) is 0 Å². The number of ether oxygens (including phenoxy) is 1. The number of rotatable bonds is 4. The molecule has 2 fully saturated rings. The smallest absolute Gasteiger partial charge is 0.280 e. The van der Waals surface area contributed by atoms with Crippen molar-refractivity contribution in [2.75, 3.05) is 0 Å². The Bertz CT molecular complexity index is 718. The molecular weight excluding hydrogens is 334 g/mol. The fourth-order valence-electron chi connectivity index (χ4n) is 3.24. The molecule has 2 bridgehead atoms. The van der Waals surface area contributed by atoms with Crippen LogP contribution in [0.4, 0.5) is 0 Å². The second kappa shape index (κ2) is 6.11. The van der Waals surface area contributed by atoms with Gasteiger partial charge in [-0.25, -0.2) is 4.98 Å². The van der Waals surface area contributed by atoms with Crippen LogP contribution >= 0.6 is 22.9 Å². The van der Waals surface area contributed by atoms with Crippen LogP contribution in [0.2, 0.25) is 5.02 Å². The van der Waals surface area contributed by atoms with Crippen molar-refractivity contribution in [3.05, 3.63) is 40.5 Å². The Kier molecular flexibility index (Phi) is 3.97. The molecule has 2 aliphatic rings. The maximum Gasteiger partial charge on any atom is 0.280 e. The minimum absolute atomic E-state index is 0.125. The number of fused-ring (bicyclic) bond motifs is 2. The summed E-state index contributed by atoms with van der Waals surface area (Å²) >= 11 is 7.09. The zero-order valence-electron chi connectivity index (χ0n) is 12.3. The molecular formula is C16H16ClN3O2S. The van der Waals surface area contributed by atoms with Crippen molar-refractivity contribution in [1.82, 2.24) is 15.6 Å². The van der Waals surface area contributed by atoms with Gasteiger partial charge in [0.15, 0.2) is 5.01 Å². The maximum atomic E-state index is 12.3. The first kappa shape index (κ1) is 14.9. The molecule has 1 aromatic heterocycles. The highest BCUT2D eigenvalue weighted by molar-refractivity contribution is 7.15. The number of hydrogen-bond acceptors (Lipinski definition) is 5. The first-order chi connectivity index (χ1) is 11.2. The van der Waals surface area contributed by atoms with Crippen molar-refractivity contribution in [3.8, 4) is 10.8 Å². The molecule has 0 aliphatic carbocycles. The third kappa shape index (κ3) is 3.20. The van der Waals surface area contributed by atoms with E-state index in [2.05, 4.69) is 15.6 Å². The van der Waals surface area contributed by atoms with Crippen molar-refractivity contribution in [2.45, 2.75) is 37.4 Å². The van der Waals surface area contributed by atoms with Gasteiger partial charge in [0.25, 0.3) is 5.91 Å². The fourth-order valence-corrected chi connectivity index (χ4v) is 4.06. The summed E-state index contributed by atoms with van der Waals surface area (Å²) in [4.78, 5) is 16.5. The monoisotopic (exact) mass is 349 g/mol. The van der Waals surface area contributed by atoms with Gasteiger partial charge in [0.2, 0.25) is 5.06 Å². The van der Waals surface area contributed by atoms with Gasteiger partial charge in [-0.1, -0.05) is 22.9 Å². The summed E-state index contributed by atoms with van der Waals surface area (Å²) in [5.74, 6) is 0.544. The van der Waals surface area contributed by atoms with E-state index in [-0.39, 0.29) is 11.9 Å². The lowest BCUT2D eigenvalue weighted by Gasteiger charge is -2.20. The zero-order chi connectivity index (χ0) is 15.8. The first-order valence-corrected chi connectivity index (χ1v) is 8.83. The van der Waals surface area contributed by atoms with Crippen LogP contribution < -0.4 is 15.4 Å². The molecule has 2 N–H and O–H groups in total. The summed E-state index contributed by atoms with van der Waals surface area (Å²) in [6.45, 7) is 0. The number of nitrogens with zero attached hydrogens (tertiary/aromatic N) is 1. The van der Waals surface area contributed by atoms with Crippen LogP contribution in [-0.4, -0.2) is 29.0 Å². The molecule has 3 unspecified atom stereocenters. The van der Waals surface area contributed by atoms with Crippen LogP contribution in [0.5, 0.6) is 10.8 Å². The molecule has 0 saturated carbocycles. The molecule has 1 aromatic carbocycles. The normalized spacial score (nSPS) is 25.5. The lowest BCUT2D eigenvalue weighted by atomic mass is 9.95. The molecule has 1 amide bonds. The average molecular weight is 350 g/mol. The molecule has 2 saturated heterocycles. The van der Waals surface area contributed by atoms with Gasteiger partial charge in [-0.3, -0.25) is 4.79 Å². The second-order valence-corrected chi connectivity index (χ2v) is 7.33. The van der Waals surface area contributed by atoms with E-state index >= 15 is 0 Å². The van der Waals surface area contributed by atoms with E-state index in [0.717, 1.165) is 12.8 Å². The fraction of sp³-hybridized carbons (Fsp3) is 0.375. The van der Waals surface area contributed by atoms with Gasteiger partial charge in [0.05, 0.1) is 6.20 Å². The molecule has 2 aliphatic heterocycles. The third-order valence-electron chi connectivity index (χ3n) is 4.33. The molecule has 7 heteroatoms. The Morgan fingerprint density at radius 3 is 2.87 bits per heavy atom. The predicted octanol–water partition coefficient (Wildman–Crippen LogP) is 3.21. The molecule has 3 atom stereocenters. The second-order valence-electron chi connectivity index (χ2n) is 5.90. The van der Waals surface area contributed by atoms with Crippen LogP contribution in [-0.2, 0) is 0 Å². The highest BCUT2D eigenvalue weighted by atomic mass is 35.5. The lowest BCUT2D eigenvalue weighted by Crippen LogP contribution is -2.42. The molecule has 0 radical (unpaired) electrons. The van der Waals surface area contributed by atoms with Crippen LogP contribution in [0.25, 0.3) is 0 Å². The SMILES string of the molecule is O=C(NC1CC2CCC1N2)c1ncc(Oc2ccc(Cl)cc2)s1. The summed E-state index contributed by atoms with van der Waals surface area (Å²) in [7, 11) is 0. The van der Waals surface area contributed by atoms with E-state index in [0.29, 0.717) is 32.9 Å². The zero-order valence-corrected chi connectivity index (χ0v) is 13.9. The topological polar surface area (TPSA) is 63.2 Å².